The van der Waals surface area contributed by atoms with Crippen molar-refractivity contribution in [3.8, 4) is 5.69 Å². The third-order valence-corrected chi connectivity index (χ3v) is 3.86. The topological polar surface area (TPSA) is 52.0 Å². The molecule has 2 aromatic heterocycles. The van der Waals surface area contributed by atoms with E-state index in [0.29, 0.717) is 16.8 Å². The zero-order valence-corrected chi connectivity index (χ0v) is 12.1. The molecule has 0 amide bonds. The Morgan fingerprint density at radius 2 is 1.70 bits per heavy atom. The van der Waals surface area contributed by atoms with Crippen LogP contribution in [0.15, 0.2) is 73.1 Å². The Bertz CT molecular complexity index is 952. The van der Waals surface area contributed by atoms with Crippen LogP contribution in [0.3, 0.4) is 0 Å². The number of nitrogens with zero attached hydrogens (tertiary/aromatic N) is 2. The molecule has 4 nitrogen and oxygen atoms in total. The largest absolute Gasteiger partial charge is 0.316 e. The molecule has 23 heavy (non-hydrogen) atoms. The lowest BCUT2D eigenvalue weighted by Gasteiger charge is -2.16. The summed E-state index contributed by atoms with van der Waals surface area (Å²) in [5.74, 6) is -0.417. The van der Waals surface area contributed by atoms with Gasteiger partial charge in [0.1, 0.15) is 5.69 Å². The van der Waals surface area contributed by atoms with Crippen LogP contribution in [0, 0.1) is 0 Å². The molecular weight excluding hydrogens is 288 g/mol. The summed E-state index contributed by atoms with van der Waals surface area (Å²) in [6.45, 7) is 0. The summed E-state index contributed by atoms with van der Waals surface area (Å²) in [7, 11) is 0. The van der Waals surface area contributed by atoms with Gasteiger partial charge in [0, 0.05) is 24.2 Å². The molecule has 0 saturated carbocycles. The van der Waals surface area contributed by atoms with Gasteiger partial charge in [0.25, 0.3) is 0 Å². The van der Waals surface area contributed by atoms with Gasteiger partial charge >= 0.3 is 0 Å². The van der Waals surface area contributed by atoms with Gasteiger partial charge in [-0.15, -0.1) is 0 Å². The lowest BCUT2D eigenvalue weighted by molar-refractivity contribution is 0.0997. The average Bonchev–Trinajstić information content (AvgIpc) is 3.08. The van der Waals surface area contributed by atoms with Crippen molar-refractivity contribution in [2.75, 3.05) is 0 Å². The Morgan fingerprint density at radius 1 is 0.870 bits per heavy atom. The Balaban J connectivity index is 1.86. The molecule has 110 valence electrons. The van der Waals surface area contributed by atoms with Gasteiger partial charge in [-0.2, -0.15) is 0 Å². The van der Waals surface area contributed by atoms with Gasteiger partial charge in [0.15, 0.2) is 5.78 Å². The van der Waals surface area contributed by atoms with Gasteiger partial charge in [0.05, 0.1) is 16.8 Å². The van der Waals surface area contributed by atoms with Crippen molar-refractivity contribution < 1.29 is 9.59 Å². The average molecular weight is 300 g/mol. The summed E-state index contributed by atoms with van der Waals surface area (Å²) in [5, 5.41) is 0. The minimum absolute atomic E-state index is 0.177. The van der Waals surface area contributed by atoms with E-state index in [9.17, 15) is 9.59 Å². The van der Waals surface area contributed by atoms with Crippen molar-refractivity contribution >= 4 is 17.1 Å². The second-order valence-electron chi connectivity index (χ2n) is 5.25. The zero-order valence-electron chi connectivity index (χ0n) is 12.1. The van der Waals surface area contributed by atoms with Gasteiger partial charge in [-0.05, 0) is 36.4 Å². The number of carbonyl (C=O) groups excluding carboxylic acids is 2. The monoisotopic (exact) mass is 300 g/mol. The maximum absolute atomic E-state index is 12.8. The lowest BCUT2D eigenvalue weighted by atomic mass is 9.91. The molecule has 4 heteroatoms. The molecule has 1 aliphatic carbocycles. The maximum atomic E-state index is 12.8. The van der Waals surface area contributed by atoms with Gasteiger partial charge in [-0.25, -0.2) is 0 Å². The van der Waals surface area contributed by atoms with Crippen LogP contribution in [0.2, 0.25) is 0 Å². The first kappa shape index (κ1) is 13.4. The highest BCUT2D eigenvalue weighted by Crippen LogP contribution is 2.28. The van der Waals surface area contributed by atoms with Crippen molar-refractivity contribution in [1.82, 2.24) is 9.55 Å². The summed E-state index contributed by atoms with van der Waals surface area (Å²) in [6, 6.07) is 16.7. The van der Waals surface area contributed by atoms with E-state index in [0.717, 1.165) is 5.69 Å². The molecule has 0 unspecified atom stereocenters. The third-order valence-electron chi connectivity index (χ3n) is 3.86. The van der Waals surface area contributed by atoms with Gasteiger partial charge in [-0.1, -0.05) is 18.2 Å². The highest BCUT2D eigenvalue weighted by atomic mass is 16.1. The van der Waals surface area contributed by atoms with Crippen LogP contribution in [0.25, 0.3) is 11.3 Å². The number of fused-ring (bicyclic) bond motifs is 1. The summed E-state index contributed by atoms with van der Waals surface area (Å²) in [5.41, 5.74) is 2.61. The minimum atomic E-state index is -0.240. The quantitative estimate of drug-likeness (QED) is 0.729. The fourth-order valence-corrected chi connectivity index (χ4v) is 2.80. The highest BCUT2D eigenvalue weighted by Gasteiger charge is 2.28. The first-order chi connectivity index (χ1) is 11.3. The predicted molar refractivity (Wildman–Crippen MR) is 86.6 cm³/mol. The number of hydrogen-bond donors (Lipinski definition) is 0. The fourth-order valence-electron chi connectivity index (χ4n) is 2.80. The molecule has 0 atom stereocenters. The van der Waals surface area contributed by atoms with E-state index in [1.165, 1.54) is 12.3 Å². The summed E-state index contributed by atoms with van der Waals surface area (Å²) in [6.07, 6.45) is 4.78. The first-order valence-electron chi connectivity index (χ1n) is 7.24. The fraction of sp³-hybridized carbons (Fsp3) is 0. The van der Waals surface area contributed by atoms with E-state index in [2.05, 4.69) is 4.98 Å². The molecular formula is C19H12N2O2. The number of rotatable bonds is 2. The van der Waals surface area contributed by atoms with Crippen molar-refractivity contribution in [2.45, 2.75) is 0 Å². The van der Waals surface area contributed by atoms with E-state index in [1.807, 2.05) is 53.2 Å². The van der Waals surface area contributed by atoms with Crippen LogP contribution in [0.5, 0.6) is 0 Å². The molecule has 0 spiro atoms. The summed E-state index contributed by atoms with van der Waals surface area (Å²) < 4.78 is 1.90. The number of aromatic nitrogens is 2. The highest BCUT2D eigenvalue weighted by molar-refractivity contribution is 6.38. The summed E-state index contributed by atoms with van der Waals surface area (Å²) >= 11 is 0. The van der Waals surface area contributed by atoms with Crippen LogP contribution in [0.4, 0.5) is 0 Å². The SMILES string of the molecule is O=C1C(c2cccn2-c2ccccc2)=CC(=O)c2ncccc21. The van der Waals surface area contributed by atoms with Crippen molar-refractivity contribution in [3.63, 3.8) is 0 Å². The van der Waals surface area contributed by atoms with Gasteiger partial charge in [-0.3, -0.25) is 14.6 Å². The standard InChI is InChI=1S/C19H12N2O2/c22-17-12-15(19(23)14-8-4-10-20-18(14)17)16-9-5-11-21(16)13-6-2-1-3-7-13/h1-12H. The van der Waals surface area contributed by atoms with Crippen LogP contribution in [-0.2, 0) is 0 Å². The third kappa shape index (κ3) is 2.12. The minimum Gasteiger partial charge on any atom is -0.316 e. The molecule has 0 radical (unpaired) electrons. The maximum Gasteiger partial charge on any atom is 0.205 e. The molecule has 0 fully saturated rings. The number of pyridine rings is 1. The molecule has 1 aliphatic rings. The number of Topliss-reactive ketones (excluding diaryl/α,β-unsaturated/α-hetero) is 1. The molecule has 3 aromatic rings. The van der Waals surface area contributed by atoms with Crippen molar-refractivity contribution in [3.05, 3.63) is 90.0 Å². The van der Waals surface area contributed by atoms with Gasteiger partial charge < -0.3 is 4.57 Å². The molecule has 0 aliphatic heterocycles. The second kappa shape index (κ2) is 5.18. The smallest absolute Gasteiger partial charge is 0.205 e. The first-order valence-corrected chi connectivity index (χ1v) is 7.24. The van der Waals surface area contributed by atoms with Crippen molar-refractivity contribution in [1.29, 1.82) is 0 Å². The molecule has 1 aromatic carbocycles. The number of hydrogen-bond acceptors (Lipinski definition) is 3. The molecule has 0 saturated heterocycles. The second-order valence-corrected chi connectivity index (χ2v) is 5.25. The van der Waals surface area contributed by atoms with E-state index >= 15 is 0 Å². The van der Waals surface area contributed by atoms with Crippen LogP contribution in [-0.4, -0.2) is 21.1 Å². The van der Waals surface area contributed by atoms with Crippen molar-refractivity contribution in [2.24, 2.45) is 0 Å². The summed E-state index contributed by atoms with van der Waals surface area (Å²) in [4.78, 5) is 29.1. The number of carbonyl (C=O) groups is 2. The molecule has 0 N–H and O–H groups in total. The number of ketones is 2. The Labute approximate surface area is 132 Å². The number of allylic oxidation sites excluding steroid dienone is 2. The van der Waals surface area contributed by atoms with Crippen LogP contribution in [0.1, 0.15) is 26.5 Å². The molecule has 0 bridgehead atoms. The Hall–Kier alpha value is -3.27. The normalized spacial score (nSPS) is 13.7. The number of benzene rings is 1. The molecule has 2 heterocycles. The van der Waals surface area contributed by atoms with Gasteiger partial charge in [0.2, 0.25) is 5.78 Å². The zero-order chi connectivity index (χ0) is 15.8. The molecule has 4 rings (SSSR count). The van der Waals surface area contributed by atoms with E-state index in [1.54, 1.807) is 12.1 Å². The van der Waals surface area contributed by atoms with Crippen LogP contribution < -0.4 is 0 Å². The van der Waals surface area contributed by atoms with E-state index in [-0.39, 0.29) is 17.3 Å². The van der Waals surface area contributed by atoms with E-state index < -0.39 is 0 Å². The predicted octanol–water partition coefficient (Wildman–Crippen LogP) is 3.33. The van der Waals surface area contributed by atoms with E-state index in [4.69, 9.17) is 0 Å². The lowest BCUT2D eigenvalue weighted by Crippen LogP contribution is -2.18. The Morgan fingerprint density at radius 3 is 2.52 bits per heavy atom. The number of para-hydroxylation sites is 1. The Kier molecular flexibility index (Phi) is 3.01. The van der Waals surface area contributed by atoms with Crippen LogP contribution >= 0.6 is 0 Å².